The molecule has 4 aliphatic rings. The topological polar surface area (TPSA) is 229 Å². The number of aliphatic hydroxyl groups is 4. The van der Waals surface area contributed by atoms with E-state index in [9.17, 15) is 30.4 Å². The predicted octanol–water partition coefficient (Wildman–Crippen LogP) is 1.45. The van der Waals surface area contributed by atoms with E-state index >= 15 is 0 Å². The number of aliphatic hydroxyl groups excluding tert-OH is 4. The second-order valence-electron chi connectivity index (χ2n) is 17.0. The number of oxime groups is 1. The van der Waals surface area contributed by atoms with Crippen LogP contribution >= 0.6 is 0 Å². The molecule has 0 aromatic carbocycles. The zero-order valence-corrected chi connectivity index (χ0v) is 36.8. The number of esters is 1. The van der Waals surface area contributed by atoms with E-state index < -0.39 is 134 Å². The summed E-state index contributed by atoms with van der Waals surface area (Å²) in [6, 6.07) is -0.731. The monoisotopic (exact) mass is 848 g/mol. The van der Waals surface area contributed by atoms with Gasteiger partial charge in [-0.25, -0.2) is 0 Å². The molecule has 5 N–H and O–H groups in total. The summed E-state index contributed by atoms with van der Waals surface area (Å²) in [5.74, 6) is -2.86. The van der Waals surface area contributed by atoms with Crippen LogP contribution < -0.4 is 0 Å². The number of nitrogens with zero attached hydrogens (tertiary/aromatic N) is 2. The molecule has 3 saturated heterocycles. The van der Waals surface area contributed by atoms with E-state index in [-0.39, 0.29) is 13.0 Å². The molecule has 0 aromatic heterocycles. The Morgan fingerprint density at radius 2 is 1.54 bits per heavy atom. The van der Waals surface area contributed by atoms with Gasteiger partial charge in [-0.2, -0.15) is 0 Å². The molecule has 59 heavy (non-hydrogen) atoms. The first-order valence-corrected chi connectivity index (χ1v) is 20.8. The average molecular weight is 849 g/mol. The number of epoxide rings is 1. The minimum atomic E-state index is -1.30. The summed E-state index contributed by atoms with van der Waals surface area (Å²) < 4.78 is 60.0. The van der Waals surface area contributed by atoms with Crippen LogP contribution in [0.15, 0.2) is 17.3 Å². The molecule has 0 spiro atoms. The van der Waals surface area contributed by atoms with E-state index in [1.165, 1.54) is 28.4 Å². The van der Waals surface area contributed by atoms with Gasteiger partial charge in [-0.15, -0.1) is 0 Å². The molecule has 342 valence electrons. The van der Waals surface area contributed by atoms with Crippen LogP contribution in [0.1, 0.15) is 67.2 Å². The second kappa shape index (κ2) is 22.0. The van der Waals surface area contributed by atoms with Gasteiger partial charge in [0, 0.05) is 52.6 Å². The molecule has 4 aliphatic heterocycles. The lowest BCUT2D eigenvalue weighted by Gasteiger charge is -2.47. The molecule has 8 unspecified atom stereocenters. The summed E-state index contributed by atoms with van der Waals surface area (Å²) in [6.07, 6.45) is -8.31. The molecule has 0 aliphatic carbocycles. The molecule has 0 amide bonds. The Morgan fingerprint density at radius 1 is 0.915 bits per heavy atom. The number of ether oxygens (including phenoxy) is 10. The lowest BCUT2D eigenvalue weighted by atomic mass is 9.79. The van der Waals surface area contributed by atoms with Gasteiger partial charge in [-0.3, -0.25) is 4.79 Å². The molecule has 4 rings (SSSR count). The third kappa shape index (κ3) is 11.8. The first-order chi connectivity index (χ1) is 27.9. The maximum atomic E-state index is 13.9. The normalized spacial score (nSPS) is 45.3. The van der Waals surface area contributed by atoms with Crippen LogP contribution in [-0.4, -0.2) is 189 Å². The highest BCUT2D eigenvalue weighted by molar-refractivity contribution is 5.96. The van der Waals surface area contributed by atoms with Crippen LogP contribution in [0, 0.1) is 23.7 Å². The van der Waals surface area contributed by atoms with Crippen molar-refractivity contribution in [2.75, 3.05) is 49.1 Å². The summed E-state index contributed by atoms with van der Waals surface area (Å²) >= 11 is 0. The number of methoxy groups -OCH3 is 4. The van der Waals surface area contributed by atoms with Crippen LogP contribution in [0.3, 0.4) is 0 Å². The maximum Gasteiger partial charge on any atom is 0.308 e. The zero-order valence-electron chi connectivity index (χ0n) is 36.8. The molecule has 18 nitrogen and oxygen atoms in total. The van der Waals surface area contributed by atoms with E-state index in [2.05, 4.69) is 5.16 Å². The van der Waals surface area contributed by atoms with Gasteiger partial charge in [0.1, 0.15) is 36.1 Å². The Labute approximate surface area is 349 Å². The molecule has 0 saturated carbocycles. The summed E-state index contributed by atoms with van der Waals surface area (Å²) in [4.78, 5) is 15.6. The Morgan fingerprint density at radius 3 is 2.12 bits per heavy atom. The smallest absolute Gasteiger partial charge is 0.308 e. The molecule has 4 heterocycles. The summed E-state index contributed by atoms with van der Waals surface area (Å²) in [5.41, 5.74) is -0.528. The summed E-state index contributed by atoms with van der Waals surface area (Å²) in [5, 5.41) is 59.0. The van der Waals surface area contributed by atoms with Gasteiger partial charge in [0.05, 0.1) is 61.4 Å². The Kier molecular flexibility index (Phi) is 18.5. The van der Waals surface area contributed by atoms with Crippen molar-refractivity contribution in [3.63, 3.8) is 0 Å². The quantitative estimate of drug-likeness (QED) is 0.0581. The number of fused-ring (bicyclic) bond motifs is 1. The molecule has 3 fully saturated rings. The van der Waals surface area contributed by atoms with Gasteiger partial charge in [0.15, 0.2) is 18.9 Å². The van der Waals surface area contributed by atoms with Gasteiger partial charge in [0.2, 0.25) is 0 Å². The standard InChI is InChI=1S/C41H72N2O16/c1-13-28-25(19-54-40-37(53-12)36(52-11)33(47)23(5)56-40)38-41(6,59-38)15-14-26(42-49)20(2)16-24(17-30(50-9)51-10)35(21(3)27(44)18-29(45)57-28)58-39-34(48)31(43(7)8)32(46)22(4)55-39/h14-15,20-25,27-28,30-40,44,46-49H,13,16-19H2,1-12H3/b15-14+,42-26-/t20-,21+,22-,23-,24-,25?,27-,28-,31+,32-,33?,34-,35?,36?,37?,38?,39+,40?,41?/m1/s1. The van der Waals surface area contributed by atoms with Crippen molar-refractivity contribution in [1.29, 1.82) is 0 Å². The first kappa shape index (κ1) is 49.8. The molecule has 18 heteroatoms. The molecular formula is C41H72N2O16. The maximum absolute atomic E-state index is 13.9. The Bertz CT molecular complexity index is 1370. The van der Waals surface area contributed by atoms with Crippen molar-refractivity contribution in [3.8, 4) is 0 Å². The number of carbonyl (C=O) groups excluding carboxylic acids is 1. The van der Waals surface area contributed by atoms with Crippen molar-refractivity contribution in [1.82, 2.24) is 4.90 Å². The van der Waals surface area contributed by atoms with E-state index in [0.717, 1.165) is 0 Å². The van der Waals surface area contributed by atoms with Crippen molar-refractivity contribution >= 4 is 11.7 Å². The SMILES string of the molecule is CC[C@H]1OC(=O)C[C@@H](O)[C@H](C)C(O[C@@H]2O[C@H](C)[C@@H](O)[C@H](N(C)C)[C@H]2O)[C@@H](CC(OC)OC)C[C@@H](C)C(=N\O)/C=C/C2(C)OC2C1COC1O[C@H](C)C(O)C(OC)C1OC. The predicted molar refractivity (Wildman–Crippen MR) is 211 cm³/mol. The van der Waals surface area contributed by atoms with Crippen molar-refractivity contribution in [2.45, 2.75) is 165 Å². The highest BCUT2D eigenvalue weighted by atomic mass is 16.7. The first-order valence-electron chi connectivity index (χ1n) is 20.8. The lowest BCUT2D eigenvalue weighted by Crippen LogP contribution is -2.63. The van der Waals surface area contributed by atoms with Crippen molar-refractivity contribution < 1.29 is 77.8 Å². The highest BCUT2D eigenvalue weighted by Crippen LogP contribution is 2.46. The van der Waals surface area contributed by atoms with E-state index in [0.29, 0.717) is 18.6 Å². The third-order valence-electron chi connectivity index (χ3n) is 12.7. The van der Waals surface area contributed by atoms with Crippen molar-refractivity contribution in [2.24, 2.45) is 28.8 Å². The van der Waals surface area contributed by atoms with Crippen LogP contribution in [0.2, 0.25) is 0 Å². The van der Waals surface area contributed by atoms with Gasteiger partial charge in [-0.1, -0.05) is 25.9 Å². The molecule has 0 aromatic rings. The summed E-state index contributed by atoms with van der Waals surface area (Å²) in [7, 11) is 9.45. The molecule has 0 radical (unpaired) electrons. The van der Waals surface area contributed by atoms with Crippen molar-refractivity contribution in [3.05, 3.63) is 12.2 Å². The lowest BCUT2D eigenvalue weighted by molar-refractivity contribution is -0.306. The fourth-order valence-corrected chi connectivity index (χ4v) is 8.96. The number of likely N-dealkylation sites (N-methyl/N-ethyl adjacent to an activating group) is 1. The Balaban J connectivity index is 1.71. The van der Waals surface area contributed by atoms with E-state index in [4.69, 9.17) is 47.4 Å². The van der Waals surface area contributed by atoms with E-state index in [1.807, 2.05) is 26.8 Å². The summed E-state index contributed by atoms with van der Waals surface area (Å²) in [6.45, 7) is 10.8. The molecule has 19 atom stereocenters. The number of rotatable bonds is 13. The zero-order chi connectivity index (χ0) is 43.9. The fraction of sp³-hybridized carbons (Fsp3) is 0.902. The average Bonchev–Trinajstić information content (AvgIpc) is 3.87. The Hall–Kier alpha value is -1.88. The molecular weight excluding hydrogens is 776 g/mol. The van der Waals surface area contributed by atoms with Gasteiger partial charge in [0.25, 0.3) is 0 Å². The number of hydrogen-bond donors (Lipinski definition) is 5. The highest BCUT2D eigenvalue weighted by Gasteiger charge is 2.58. The van der Waals surface area contributed by atoms with Gasteiger partial charge in [-0.05, 0) is 65.8 Å². The molecule has 0 bridgehead atoms. The number of carbonyl (C=O) groups is 1. The minimum absolute atomic E-state index is 0.00248. The van der Waals surface area contributed by atoms with Crippen LogP contribution in [0.4, 0.5) is 0 Å². The van der Waals surface area contributed by atoms with E-state index in [1.54, 1.807) is 45.8 Å². The number of allylic oxidation sites excluding steroid dienone is 1. The van der Waals surface area contributed by atoms with Crippen LogP contribution in [0.5, 0.6) is 0 Å². The third-order valence-corrected chi connectivity index (χ3v) is 12.7. The van der Waals surface area contributed by atoms with Crippen LogP contribution in [-0.2, 0) is 52.2 Å². The van der Waals surface area contributed by atoms with Gasteiger partial charge < -0.3 is 77.9 Å². The number of hydrogen-bond acceptors (Lipinski definition) is 18. The largest absolute Gasteiger partial charge is 0.462 e. The number of cyclic esters (lactones) is 1. The van der Waals surface area contributed by atoms with Gasteiger partial charge >= 0.3 is 5.97 Å². The fourth-order valence-electron chi connectivity index (χ4n) is 8.96. The van der Waals surface area contributed by atoms with Crippen LogP contribution in [0.25, 0.3) is 0 Å². The minimum Gasteiger partial charge on any atom is -0.462 e. The second-order valence-corrected chi connectivity index (χ2v) is 17.0.